The fraction of sp³-hybridized carbons (Fsp3) is 0.136. The van der Waals surface area contributed by atoms with E-state index in [1.54, 1.807) is 29.9 Å². The van der Waals surface area contributed by atoms with Crippen LogP contribution in [0.25, 0.3) is 22.3 Å². The van der Waals surface area contributed by atoms with E-state index in [4.69, 9.17) is 9.72 Å². The molecule has 28 heavy (non-hydrogen) atoms. The first-order valence-corrected chi connectivity index (χ1v) is 8.89. The summed E-state index contributed by atoms with van der Waals surface area (Å²) < 4.78 is 7.00. The second kappa shape index (κ2) is 7.15. The van der Waals surface area contributed by atoms with Gasteiger partial charge in [-0.1, -0.05) is 30.3 Å². The van der Waals surface area contributed by atoms with Crippen LogP contribution in [-0.4, -0.2) is 34.8 Å². The van der Waals surface area contributed by atoms with Crippen LogP contribution in [0.3, 0.4) is 0 Å². The topological polar surface area (TPSA) is 60.2 Å². The van der Waals surface area contributed by atoms with Crippen LogP contribution in [0.4, 0.5) is 5.69 Å². The average Bonchev–Trinajstić information content (AvgIpc) is 3.13. The molecule has 0 spiro atoms. The first kappa shape index (κ1) is 17.7. The zero-order chi connectivity index (χ0) is 19.7. The average molecular weight is 372 g/mol. The Morgan fingerprint density at radius 1 is 1.07 bits per heavy atom. The Kier molecular flexibility index (Phi) is 4.53. The van der Waals surface area contributed by atoms with Crippen LogP contribution in [0.5, 0.6) is 5.75 Å². The molecule has 0 saturated heterocycles. The van der Waals surface area contributed by atoms with Crippen LogP contribution >= 0.6 is 0 Å². The molecular formula is C22H20N4O2. The van der Waals surface area contributed by atoms with Gasteiger partial charge in [0.25, 0.3) is 5.91 Å². The molecule has 0 N–H and O–H groups in total. The van der Waals surface area contributed by atoms with Gasteiger partial charge in [0.15, 0.2) is 5.65 Å². The molecular weight excluding hydrogens is 352 g/mol. The maximum absolute atomic E-state index is 13.3. The van der Waals surface area contributed by atoms with Crippen molar-refractivity contribution in [3.05, 3.63) is 72.4 Å². The van der Waals surface area contributed by atoms with Gasteiger partial charge < -0.3 is 9.64 Å². The quantitative estimate of drug-likeness (QED) is 0.545. The van der Waals surface area contributed by atoms with Crippen LogP contribution in [0.15, 0.2) is 66.9 Å². The largest absolute Gasteiger partial charge is 0.497 e. The fourth-order valence-electron chi connectivity index (χ4n) is 3.17. The maximum atomic E-state index is 13.3. The number of pyridine rings is 1. The van der Waals surface area contributed by atoms with E-state index in [9.17, 15) is 4.79 Å². The molecule has 0 aliphatic rings. The Bertz CT molecular complexity index is 1150. The third-order valence-electron chi connectivity index (χ3n) is 4.75. The van der Waals surface area contributed by atoms with Crippen molar-refractivity contribution in [3.8, 4) is 17.0 Å². The number of benzene rings is 2. The molecule has 0 unspecified atom stereocenters. The first-order chi connectivity index (χ1) is 13.6. The van der Waals surface area contributed by atoms with Gasteiger partial charge in [0.05, 0.1) is 30.0 Å². The molecule has 4 aromatic rings. The lowest BCUT2D eigenvalue weighted by molar-refractivity contribution is 0.0994. The number of methoxy groups -OCH3 is 1. The minimum absolute atomic E-state index is 0.115. The zero-order valence-electron chi connectivity index (χ0n) is 16.0. The molecule has 4 rings (SSSR count). The molecule has 0 aliphatic heterocycles. The number of hydrogen-bond acceptors (Lipinski definition) is 4. The molecule has 1 amide bonds. The summed E-state index contributed by atoms with van der Waals surface area (Å²) in [6.45, 7) is 0. The molecule has 0 radical (unpaired) electrons. The minimum Gasteiger partial charge on any atom is -0.497 e. The third kappa shape index (κ3) is 3.09. The summed E-state index contributed by atoms with van der Waals surface area (Å²) in [4.78, 5) is 19.7. The van der Waals surface area contributed by atoms with E-state index < -0.39 is 0 Å². The molecule has 0 bridgehead atoms. The number of hydrogen-bond donors (Lipinski definition) is 0. The number of fused-ring (bicyclic) bond motifs is 1. The van der Waals surface area contributed by atoms with E-state index in [1.807, 2.05) is 67.7 Å². The Morgan fingerprint density at radius 2 is 1.86 bits per heavy atom. The van der Waals surface area contributed by atoms with E-state index in [2.05, 4.69) is 5.10 Å². The molecule has 0 saturated carbocycles. The smallest absolute Gasteiger partial charge is 0.258 e. The molecule has 2 aromatic heterocycles. The number of aromatic nitrogens is 3. The summed E-state index contributed by atoms with van der Waals surface area (Å²) in [7, 11) is 5.21. The van der Waals surface area contributed by atoms with Gasteiger partial charge in [-0.3, -0.25) is 9.48 Å². The van der Waals surface area contributed by atoms with Crippen molar-refractivity contribution in [2.75, 3.05) is 19.1 Å². The van der Waals surface area contributed by atoms with Crippen molar-refractivity contribution >= 4 is 22.6 Å². The van der Waals surface area contributed by atoms with Crippen LogP contribution < -0.4 is 9.64 Å². The number of carbonyl (C=O) groups excluding carboxylic acids is 1. The van der Waals surface area contributed by atoms with E-state index in [-0.39, 0.29) is 5.91 Å². The number of amides is 1. The predicted molar refractivity (Wildman–Crippen MR) is 110 cm³/mol. The summed E-state index contributed by atoms with van der Waals surface area (Å²) in [5.41, 5.74) is 3.61. The summed E-state index contributed by atoms with van der Waals surface area (Å²) >= 11 is 0. The molecule has 6 nitrogen and oxygen atoms in total. The lowest BCUT2D eigenvalue weighted by Gasteiger charge is -2.18. The van der Waals surface area contributed by atoms with Crippen molar-refractivity contribution < 1.29 is 9.53 Å². The first-order valence-electron chi connectivity index (χ1n) is 8.89. The minimum atomic E-state index is -0.115. The second-order valence-electron chi connectivity index (χ2n) is 6.49. The zero-order valence-corrected chi connectivity index (χ0v) is 16.0. The van der Waals surface area contributed by atoms with E-state index >= 15 is 0 Å². The van der Waals surface area contributed by atoms with Crippen LogP contribution in [-0.2, 0) is 7.05 Å². The Labute approximate surface area is 163 Å². The Morgan fingerprint density at radius 3 is 2.61 bits per heavy atom. The summed E-state index contributed by atoms with van der Waals surface area (Å²) in [5, 5.41) is 5.02. The van der Waals surface area contributed by atoms with Gasteiger partial charge in [-0.2, -0.15) is 5.10 Å². The number of carbonyl (C=O) groups is 1. The summed E-state index contributed by atoms with van der Waals surface area (Å²) in [6.07, 6.45) is 1.68. The second-order valence-corrected chi connectivity index (χ2v) is 6.49. The standard InChI is InChI=1S/C22H20N4O2/c1-25(16-9-5-4-6-10-16)22(27)18-13-20(15-8-7-11-17(12-15)28-3)24-21-19(18)14-23-26(21)2/h4-14H,1-3H3. The van der Waals surface area contributed by atoms with E-state index in [0.717, 1.165) is 22.4 Å². The molecule has 140 valence electrons. The van der Waals surface area contributed by atoms with Gasteiger partial charge in [-0.05, 0) is 30.3 Å². The van der Waals surface area contributed by atoms with E-state index in [1.165, 1.54) is 0 Å². The van der Waals surface area contributed by atoms with Crippen molar-refractivity contribution in [2.24, 2.45) is 7.05 Å². The number of para-hydroxylation sites is 1. The SMILES string of the molecule is COc1cccc(-c2cc(C(=O)N(C)c3ccccc3)c3cnn(C)c3n2)c1. The highest BCUT2D eigenvalue weighted by atomic mass is 16.5. The molecule has 2 aromatic carbocycles. The maximum Gasteiger partial charge on any atom is 0.258 e. The van der Waals surface area contributed by atoms with Crippen molar-refractivity contribution in [2.45, 2.75) is 0 Å². The highest BCUT2D eigenvalue weighted by Crippen LogP contribution is 2.28. The van der Waals surface area contributed by atoms with Gasteiger partial charge in [-0.25, -0.2) is 4.98 Å². The molecule has 0 atom stereocenters. The number of rotatable bonds is 4. The number of aryl methyl sites for hydroxylation is 1. The van der Waals surface area contributed by atoms with Gasteiger partial charge in [0, 0.05) is 25.3 Å². The molecule has 0 aliphatic carbocycles. The fourth-order valence-corrected chi connectivity index (χ4v) is 3.17. The Balaban J connectivity index is 1.86. The van der Waals surface area contributed by atoms with E-state index in [0.29, 0.717) is 16.9 Å². The highest BCUT2D eigenvalue weighted by molar-refractivity contribution is 6.13. The molecule has 2 heterocycles. The van der Waals surface area contributed by atoms with Gasteiger partial charge >= 0.3 is 0 Å². The van der Waals surface area contributed by atoms with Crippen molar-refractivity contribution in [1.82, 2.24) is 14.8 Å². The lowest BCUT2D eigenvalue weighted by Crippen LogP contribution is -2.26. The predicted octanol–water partition coefficient (Wildman–Crippen LogP) is 3.92. The van der Waals surface area contributed by atoms with Gasteiger partial charge in [0.1, 0.15) is 5.75 Å². The third-order valence-corrected chi connectivity index (χ3v) is 4.75. The summed E-state index contributed by atoms with van der Waals surface area (Å²) in [6, 6.07) is 19.0. The van der Waals surface area contributed by atoms with Crippen LogP contribution in [0.2, 0.25) is 0 Å². The van der Waals surface area contributed by atoms with Crippen LogP contribution in [0, 0.1) is 0 Å². The number of ether oxygens (including phenoxy) is 1. The molecule has 6 heteroatoms. The normalized spacial score (nSPS) is 10.8. The number of anilines is 1. The van der Waals surface area contributed by atoms with Crippen molar-refractivity contribution in [3.63, 3.8) is 0 Å². The van der Waals surface area contributed by atoms with Gasteiger partial charge in [-0.15, -0.1) is 0 Å². The van der Waals surface area contributed by atoms with Gasteiger partial charge in [0.2, 0.25) is 0 Å². The molecule has 0 fully saturated rings. The van der Waals surface area contributed by atoms with Crippen LogP contribution in [0.1, 0.15) is 10.4 Å². The lowest BCUT2D eigenvalue weighted by atomic mass is 10.1. The monoisotopic (exact) mass is 372 g/mol. The highest BCUT2D eigenvalue weighted by Gasteiger charge is 2.20. The number of nitrogens with zero attached hydrogens (tertiary/aromatic N) is 4. The summed E-state index contributed by atoms with van der Waals surface area (Å²) in [5.74, 6) is 0.620. The Hall–Kier alpha value is -3.67. The van der Waals surface area contributed by atoms with Crippen molar-refractivity contribution in [1.29, 1.82) is 0 Å².